The molecular formula is C15H19FN2O3S. The Bertz CT molecular complexity index is 677. The summed E-state index contributed by atoms with van der Waals surface area (Å²) in [6, 6.07) is 6.11. The van der Waals surface area contributed by atoms with Gasteiger partial charge in [-0.15, -0.1) is 0 Å². The molecule has 120 valence electrons. The standard InChI is InChI=1S/C15H19FN2O3S/c16-13-5-1-4-12(10-13)14-6-2-8-18(14)15(19)11-17-7-3-9-22(17,20)21/h1,4-5,10,14H,2-3,6-9,11H2/t14-/m0/s1. The van der Waals surface area contributed by atoms with Crippen LogP contribution in [0.25, 0.3) is 0 Å². The molecule has 22 heavy (non-hydrogen) atoms. The number of hydrogen-bond acceptors (Lipinski definition) is 3. The van der Waals surface area contributed by atoms with Crippen LogP contribution < -0.4 is 0 Å². The van der Waals surface area contributed by atoms with Crippen LogP contribution in [0.5, 0.6) is 0 Å². The topological polar surface area (TPSA) is 57.7 Å². The summed E-state index contributed by atoms with van der Waals surface area (Å²) in [5.41, 5.74) is 0.773. The summed E-state index contributed by atoms with van der Waals surface area (Å²) >= 11 is 0. The van der Waals surface area contributed by atoms with E-state index in [0.717, 1.165) is 18.4 Å². The van der Waals surface area contributed by atoms with Crippen LogP contribution in [0.2, 0.25) is 0 Å². The van der Waals surface area contributed by atoms with Gasteiger partial charge in [-0.2, -0.15) is 4.31 Å². The Morgan fingerprint density at radius 2 is 2.09 bits per heavy atom. The Hall–Kier alpha value is -1.47. The second kappa shape index (κ2) is 5.96. The number of halogens is 1. The molecule has 0 aromatic heterocycles. The molecule has 0 bridgehead atoms. The average Bonchev–Trinajstić information content (AvgIpc) is 3.06. The van der Waals surface area contributed by atoms with Crippen LogP contribution in [0, 0.1) is 5.82 Å². The normalized spacial score (nSPS) is 24.8. The lowest BCUT2D eigenvalue weighted by Gasteiger charge is -2.27. The minimum absolute atomic E-state index is 0.103. The van der Waals surface area contributed by atoms with Crippen LogP contribution in [0.3, 0.4) is 0 Å². The van der Waals surface area contributed by atoms with Crippen LogP contribution in [0.15, 0.2) is 24.3 Å². The number of hydrogen-bond donors (Lipinski definition) is 0. The summed E-state index contributed by atoms with van der Waals surface area (Å²) in [5.74, 6) is -0.399. The summed E-state index contributed by atoms with van der Waals surface area (Å²) in [4.78, 5) is 14.2. The first-order valence-corrected chi connectivity index (χ1v) is 9.11. The molecular weight excluding hydrogens is 307 g/mol. The van der Waals surface area contributed by atoms with E-state index in [1.807, 2.05) is 6.07 Å². The van der Waals surface area contributed by atoms with Crippen LogP contribution >= 0.6 is 0 Å². The molecule has 7 heteroatoms. The predicted octanol–water partition coefficient (Wildman–Crippen LogP) is 1.52. The van der Waals surface area contributed by atoms with Crippen LogP contribution in [-0.4, -0.2) is 48.9 Å². The van der Waals surface area contributed by atoms with Gasteiger partial charge in [-0.1, -0.05) is 12.1 Å². The molecule has 2 fully saturated rings. The van der Waals surface area contributed by atoms with Gasteiger partial charge in [0.05, 0.1) is 18.3 Å². The number of carbonyl (C=O) groups is 1. The van der Waals surface area contributed by atoms with E-state index in [1.165, 1.54) is 16.4 Å². The third-order valence-corrected chi connectivity index (χ3v) is 6.22. The summed E-state index contributed by atoms with van der Waals surface area (Å²) in [6.45, 7) is 0.897. The van der Waals surface area contributed by atoms with Gasteiger partial charge >= 0.3 is 0 Å². The first-order chi connectivity index (χ1) is 10.5. The van der Waals surface area contributed by atoms with Gasteiger partial charge in [0.25, 0.3) is 0 Å². The smallest absolute Gasteiger partial charge is 0.238 e. The van der Waals surface area contributed by atoms with E-state index < -0.39 is 10.0 Å². The fourth-order valence-electron chi connectivity index (χ4n) is 3.24. The van der Waals surface area contributed by atoms with Crippen LogP contribution in [0.1, 0.15) is 30.9 Å². The van der Waals surface area contributed by atoms with Crippen LogP contribution in [-0.2, 0) is 14.8 Å². The molecule has 1 aromatic rings. The third-order valence-electron chi connectivity index (χ3n) is 4.32. The van der Waals surface area contributed by atoms with Gasteiger partial charge in [0.2, 0.25) is 15.9 Å². The van der Waals surface area contributed by atoms with Gasteiger partial charge in [-0.25, -0.2) is 12.8 Å². The molecule has 2 aliphatic rings. The van der Waals surface area contributed by atoms with Gasteiger partial charge in [-0.05, 0) is 37.0 Å². The second-order valence-electron chi connectivity index (χ2n) is 5.80. The summed E-state index contributed by atoms with van der Waals surface area (Å²) < 4.78 is 38.3. The zero-order chi connectivity index (χ0) is 15.7. The highest BCUT2D eigenvalue weighted by molar-refractivity contribution is 7.89. The molecule has 0 spiro atoms. The lowest BCUT2D eigenvalue weighted by Crippen LogP contribution is -2.40. The van der Waals surface area contributed by atoms with Crippen molar-refractivity contribution in [2.45, 2.75) is 25.3 Å². The Morgan fingerprint density at radius 3 is 2.77 bits per heavy atom. The minimum Gasteiger partial charge on any atom is -0.335 e. The molecule has 0 unspecified atom stereocenters. The SMILES string of the molecule is O=C(CN1CCCS1(=O)=O)N1CCC[C@H]1c1cccc(F)c1. The van der Waals surface area contributed by atoms with Gasteiger partial charge in [0.1, 0.15) is 5.82 Å². The number of likely N-dealkylation sites (tertiary alicyclic amines) is 1. The first kappa shape index (κ1) is 15.4. The maximum Gasteiger partial charge on any atom is 0.238 e. The fraction of sp³-hybridized carbons (Fsp3) is 0.533. The number of carbonyl (C=O) groups excluding carboxylic acids is 1. The Labute approximate surface area is 129 Å². The largest absolute Gasteiger partial charge is 0.335 e. The maximum absolute atomic E-state index is 13.4. The van der Waals surface area contributed by atoms with Crippen molar-refractivity contribution >= 4 is 15.9 Å². The molecule has 3 rings (SSSR count). The Morgan fingerprint density at radius 1 is 1.27 bits per heavy atom. The zero-order valence-corrected chi connectivity index (χ0v) is 13.1. The van der Waals surface area contributed by atoms with E-state index in [2.05, 4.69) is 0 Å². The lowest BCUT2D eigenvalue weighted by atomic mass is 10.0. The zero-order valence-electron chi connectivity index (χ0n) is 12.2. The highest BCUT2D eigenvalue weighted by Crippen LogP contribution is 2.32. The average molecular weight is 326 g/mol. The molecule has 2 saturated heterocycles. The van der Waals surface area contributed by atoms with Crippen molar-refractivity contribution < 1.29 is 17.6 Å². The number of rotatable bonds is 3. The third kappa shape index (κ3) is 3.01. The molecule has 2 heterocycles. The predicted molar refractivity (Wildman–Crippen MR) is 80.1 cm³/mol. The van der Waals surface area contributed by atoms with Crippen molar-refractivity contribution in [3.8, 4) is 0 Å². The number of benzene rings is 1. The Balaban J connectivity index is 1.74. The van der Waals surface area contributed by atoms with Crippen molar-refractivity contribution in [3.05, 3.63) is 35.6 Å². The quantitative estimate of drug-likeness (QED) is 0.846. The van der Waals surface area contributed by atoms with Crippen LogP contribution in [0.4, 0.5) is 4.39 Å². The summed E-state index contributed by atoms with van der Waals surface area (Å²) in [7, 11) is -3.27. The highest BCUT2D eigenvalue weighted by Gasteiger charge is 2.35. The Kier molecular flexibility index (Phi) is 4.18. The molecule has 0 radical (unpaired) electrons. The second-order valence-corrected chi connectivity index (χ2v) is 7.89. The fourth-order valence-corrected chi connectivity index (χ4v) is 4.70. The first-order valence-electron chi connectivity index (χ1n) is 7.50. The van der Waals surface area contributed by atoms with Gasteiger partial charge < -0.3 is 4.90 Å². The number of amides is 1. The highest BCUT2D eigenvalue weighted by atomic mass is 32.2. The molecule has 0 aliphatic carbocycles. The molecule has 1 atom stereocenters. The number of sulfonamides is 1. The molecule has 0 N–H and O–H groups in total. The minimum atomic E-state index is -3.27. The van der Waals surface area contributed by atoms with Gasteiger partial charge in [0.15, 0.2) is 0 Å². The van der Waals surface area contributed by atoms with Gasteiger partial charge in [0, 0.05) is 13.1 Å². The van der Waals surface area contributed by atoms with Crippen molar-refractivity contribution in [1.82, 2.24) is 9.21 Å². The molecule has 1 amide bonds. The van der Waals surface area contributed by atoms with Crippen molar-refractivity contribution in [3.63, 3.8) is 0 Å². The number of nitrogens with zero attached hydrogens (tertiary/aromatic N) is 2. The van der Waals surface area contributed by atoms with E-state index in [1.54, 1.807) is 11.0 Å². The van der Waals surface area contributed by atoms with Gasteiger partial charge in [-0.3, -0.25) is 4.79 Å². The van der Waals surface area contributed by atoms with E-state index in [9.17, 15) is 17.6 Å². The summed E-state index contributed by atoms with van der Waals surface area (Å²) in [5, 5.41) is 0. The monoisotopic (exact) mass is 326 g/mol. The summed E-state index contributed by atoms with van der Waals surface area (Å²) in [6.07, 6.45) is 2.20. The van der Waals surface area contributed by atoms with E-state index in [4.69, 9.17) is 0 Å². The van der Waals surface area contributed by atoms with E-state index in [-0.39, 0.29) is 30.1 Å². The molecule has 0 saturated carbocycles. The molecule has 2 aliphatic heterocycles. The maximum atomic E-state index is 13.4. The molecule has 1 aromatic carbocycles. The van der Waals surface area contributed by atoms with Crippen molar-refractivity contribution in [2.75, 3.05) is 25.4 Å². The molecule has 5 nitrogen and oxygen atoms in total. The van der Waals surface area contributed by atoms with E-state index in [0.29, 0.717) is 19.5 Å². The van der Waals surface area contributed by atoms with Crippen molar-refractivity contribution in [1.29, 1.82) is 0 Å². The van der Waals surface area contributed by atoms with Crippen molar-refractivity contribution in [2.24, 2.45) is 0 Å². The lowest BCUT2D eigenvalue weighted by molar-refractivity contribution is -0.132. The van der Waals surface area contributed by atoms with E-state index >= 15 is 0 Å².